The number of carboxylic acids is 1. The average Bonchev–Trinajstić information content (AvgIpc) is 2.76. The molecule has 3 N–H and O–H groups in total. The number of thiophene rings is 1. The van der Waals surface area contributed by atoms with Crippen LogP contribution in [0.5, 0.6) is 0 Å². The summed E-state index contributed by atoms with van der Waals surface area (Å²) in [5.74, 6) is -1.46. The Morgan fingerprint density at radius 3 is 2.63 bits per heavy atom. The van der Waals surface area contributed by atoms with Crippen molar-refractivity contribution in [2.24, 2.45) is 5.92 Å². The molecule has 0 aliphatic heterocycles. The third-order valence-corrected chi connectivity index (χ3v) is 4.13. The molecule has 1 aromatic rings. The van der Waals surface area contributed by atoms with Gasteiger partial charge >= 0.3 is 12.0 Å². The molecule has 7 heteroatoms. The van der Waals surface area contributed by atoms with Gasteiger partial charge in [-0.1, -0.05) is 18.5 Å². The number of amides is 2. The molecule has 1 aromatic heterocycles. The monoisotopic (exact) mass is 304 g/mol. The molecular weight excluding hydrogens is 288 g/mol. The summed E-state index contributed by atoms with van der Waals surface area (Å²) in [7, 11) is 0. The number of aliphatic carboxylic acids is 1. The smallest absolute Gasteiger partial charge is 0.315 e. The van der Waals surface area contributed by atoms with E-state index in [0.717, 1.165) is 4.88 Å². The first kappa shape index (κ1) is 15.8. The molecule has 0 aromatic carbocycles. The number of urea groups is 1. The van der Waals surface area contributed by atoms with E-state index in [1.165, 1.54) is 11.3 Å². The lowest BCUT2D eigenvalue weighted by Crippen LogP contribution is -2.40. The molecule has 0 radical (unpaired) electrons. The number of nitrogens with one attached hydrogen (secondary N) is 2. The van der Waals surface area contributed by atoms with Crippen LogP contribution in [0.15, 0.2) is 12.1 Å². The summed E-state index contributed by atoms with van der Waals surface area (Å²) in [6, 6.07) is 3.08. The van der Waals surface area contributed by atoms with Gasteiger partial charge in [0.2, 0.25) is 0 Å². The molecule has 2 atom stereocenters. The zero-order valence-electron chi connectivity index (χ0n) is 10.8. The minimum atomic E-state index is -0.902. The Morgan fingerprint density at radius 1 is 1.47 bits per heavy atom. The van der Waals surface area contributed by atoms with Gasteiger partial charge in [-0.3, -0.25) is 4.79 Å². The van der Waals surface area contributed by atoms with E-state index in [4.69, 9.17) is 16.7 Å². The van der Waals surface area contributed by atoms with E-state index in [2.05, 4.69) is 10.6 Å². The summed E-state index contributed by atoms with van der Waals surface area (Å²) < 4.78 is 0.668. The lowest BCUT2D eigenvalue weighted by Gasteiger charge is -2.15. The highest BCUT2D eigenvalue weighted by Gasteiger charge is 2.17. The highest BCUT2D eigenvalue weighted by atomic mass is 35.5. The van der Waals surface area contributed by atoms with Crippen molar-refractivity contribution in [2.45, 2.75) is 26.3 Å². The Morgan fingerprint density at radius 2 is 2.16 bits per heavy atom. The number of hydrogen-bond donors (Lipinski definition) is 3. The van der Waals surface area contributed by atoms with Gasteiger partial charge in [0.25, 0.3) is 0 Å². The molecule has 2 unspecified atom stereocenters. The largest absolute Gasteiger partial charge is 0.481 e. The number of halogens is 1. The highest BCUT2D eigenvalue weighted by Crippen LogP contribution is 2.26. The molecule has 2 amide bonds. The lowest BCUT2D eigenvalue weighted by atomic mass is 10.1. The van der Waals surface area contributed by atoms with Gasteiger partial charge in [-0.25, -0.2) is 4.79 Å². The molecule has 0 aliphatic rings. The minimum Gasteiger partial charge on any atom is -0.481 e. The second-order valence-corrected chi connectivity index (χ2v) is 5.91. The van der Waals surface area contributed by atoms with E-state index in [0.29, 0.717) is 10.8 Å². The molecular formula is C12H17ClN2O3S. The number of carbonyl (C=O) groups excluding carboxylic acids is 1. The molecule has 0 saturated carbocycles. The SMILES string of the molecule is CCC(CNC(=O)NC(C)c1ccc(Cl)s1)C(=O)O. The van der Waals surface area contributed by atoms with E-state index >= 15 is 0 Å². The highest BCUT2D eigenvalue weighted by molar-refractivity contribution is 7.16. The Bertz CT molecular complexity index is 450. The van der Waals surface area contributed by atoms with Gasteiger partial charge in [0, 0.05) is 11.4 Å². The van der Waals surface area contributed by atoms with Crippen molar-refractivity contribution in [2.75, 3.05) is 6.54 Å². The maximum Gasteiger partial charge on any atom is 0.315 e. The normalized spacial score (nSPS) is 13.6. The average molecular weight is 305 g/mol. The van der Waals surface area contributed by atoms with Crippen molar-refractivity contribution in [1.29, 1.82) is 0 Å². The van der Waals surface area contributed by atoms with Crippen molar-refractivity contribution in [1.82, 2.24) is 10.6 Å². The first-order valence-corrected chi connectivity index (χ1v) is 7.15. The molecule has 106 valence electrons. The topological polar surface area (TPSA) is 78.4 Å². The van der Waals surface area contributed by atoms with Crippen LogP contribution in [0.4, 0.5) is 4.79 Å². The summed E-state index contributed by atoms with van der Waals surface area (Å²) in [5.41, 5.74) is 0. The van der Waals surface area contributed by atoms with E-state index in [1.54, 1.807) is 13.0 Å². The van der Waals surface area contributed by atoms with Crippen molar-refractivity contribution in [3.8, 4) is 0 Å². The lowest BCUT2D eigenvalue weighted by molar-refractivity contribution is -0.141. The quantitative estimate of drug-likeness (QED) is 0.756. The summed E-state index contributed by atoms with van der Waals surface area (Å²) in [6.07, 6.45) is 0.478. The van der Waals surface area contributed by atoms with E-state index in [1.807, 2.05) is 13.0 Å². The van der Waals surface area contributed by atoms with Crippen LogP contribution in [0, 0.1) is 5.92 Å². The van der Waals surface area contributed by atoms with Crippen molar-refractivity contribution in [3.05, 3.63) is 21.3 Å². The fourth-order valence-electron chi connectivity index (χ4n) is 1.50. The van der Waals surface area contributed by atoms with Crippen LogP contribution in [-0.2, 0) is 4.79 Å². The van der Waals surface area contributed by atoms with E-state index in [-0.39, 0.29) is 18.6 Å². The zero-order chi connectivity index (χ0) is 14.4. The number of carbonyl (C=O) groups is 2. The zero-order valence-corrected chi connectivity index (χ0v) is 12.3. The second-order valence-electron chi connectivity index (χ2n) is 4.16. The predicted molar refractivity (Wildman–Crippen MR) is 75.7 cm³/mol. The van der Waals surface area contributed by atoms with Gasteiger partial charge in [-0.2, -0.15) is 0 Å². The number of hydrogen-bond acceptors (Lipinski definition) is 3. The third kappa shape index (κ3) is 5.08. The van der Waals surface area contributed by atoms with Crippen LogP contribution < -0.4 is 10.6 Å². The molecule has 0 bridgehead atoms. The molecule has 19 heavy (non-hydrogen) atoms. The van der Waals surface area contributed by atoms with Crippen LogP contribution in [0.3, 0.4) is 0 Å². The third-order valence-electron chi connectivity index (χ3n) is 2.72. The molecule has 0 fully saturated rings. The summed E-state index contributed by atoms with van der Waals surface area (Å²) in [6.45, 7) is 3.74. The Labute approximate surface area is 121 Å². The summed E-state index contributed by atoms with van der Waals surface area (Å²) >= 11 is 7.22. The van der Waals surface area contributed by atoms with Crippen molar-refractivity contribution < 1.29 is 14.7 Å². The molecule has 0 aliphatic carbocycles. The molecule has 5 nitrogen and oxygen atoms in total. The van der Waals surface area contributed by atoms with Gasteiger partial charge in [-0.05, 0) is 25.5 Å². The Hall–Kier alpha value is -1.27. The first-order valence-electron chi connectivity index (χ1n) is 5.96. The van der Waals surface area contributed by atoms with Crippen LogP contribution >= 0.6 is 22.9 Å². The van der Waals surface area contributed by atoms with E-state index < -0.39 is 11.9 Å². The maximum atomic E-state index is 11.6. The molecule has 1 rings (SSSR count). The van der Waals surface area contributed by atoms with Crippen LogP contribution in [0.25, 0.3) is 0 Å². The van der Waals surface area contributed by atoms with Gasteiger partial charge in [0.1, 0.15) is 0 Å². The van der Waals surface area contributed by atoms with E-state index in [9.17, 15) is 9.59 Å². The van der Waals surface area contributed by atoms with Crippen molar-refractivity contribution >= 4 is 34.9 Å². The van der Waals surface area contributed by atoms with Crippen LogP contribution in [0.2, 0.25) is 4.34 Å². The van der Waals surface area contributed by atoms with Crippen LogP contribution in [0.1, 0.15) is 31.2 Å². The maximum absolute atomic E-state index is 11.6. The predicted octanol–water partition coefficient (Wildman–Crippen LogP) is 2.87. The molecule has 0 saturated heterocycles. The van der Waals surface area contributed by atoms with Crippen molar-refractivity contribution in [3.63, 3.8) is 0 Å². The second kappa shape index (κ2) is 7.35. The van der Waals surface area contributed by atoms with Crippen LogP contribution in [-0.4, -0.2) is 23.7 Å². The fraction of sp³-hybridized carbons (Fsp3) is 0.500. The Balaban J connectivity index is 2.41. The summed E-state index contributed by atoms with van der Waals surface area (Å²) in [5, 5.41) is 14.2. The van der Waals surface area contributed by atoms with Gasteiger partial charge in [0.05, 0.1) is 16.3 Å². The van der Waals surface area contributed by atoms with Gasteiger partial charge in [0.15, 0.2) is 0 Å². The van der Waals surface area contributed by atoms with Gasteiger partial charge in [-0.15, -0.1) is 11.3 Å². The molecule has 0 spiro atoms. The molecule has 1 heterocycles. The summed E-state index contributed by atoms with van der Waals surface area (Å²) in [4.78, 5) is 23.4. The number of carboxylic acid groups (broad SMARTS) is 1. The minimum absolute atomic E-state index is 0.121. The van der Waals surface area contributed by atoms with Gasteiger partial charge < -0.3 is 15.7 Å². The Kier molecular flexibility index (Phi) is 6.11. The first-order chi connectivity index (χ1) is 8.93. The number of rotatable bonds is 6. The fourth-order valence-corrected chi connectivity index (χ4v) is 2.57. The standard InChI is InChI=1S/C12H17ClN2O3S/c1-3-8(11(16)17)6-14-12(18)15-7(2)9-4-5-10(13)19-9/h4-5,7-8H,3,6H2,1-2H3,(H,16,17)(H2,14,15,18).